The molecule has 2 unspecified atom stereocenters. The second-order valence-electron chi connectivity index (χ2n) is 4.72. The van der Waals surface area contributed by atoms with Gasteiger partial charge >= 0.3 is 0 Å². The highest BCUT2D eigenvalue weighted by molar-refractivity contribution is 4.97. The predicted octanol–water partition coefficient (Wildman–Crippen LogP) is 2.52. The van der Waals surface area contributed by atoms with Gasteiger partial charge in [0, 0.05) is 6.04 Å². The van der Waals surface area contributed by atoms with E-state index in [-0.39, 0.29) is 0 Å². The van der Waals surface area contributed by atoms with Crippen molar-refractivity contribution in [3.8, 4) is 0 Å². The van der Waals surface area contributed by atoms with Crippen molar-refractivity contribution in [2.24, 2.45) is 11.7 Å². The maximum absolute atomic E-state index is 5.71. The van der Waals surface area contributed by atoms with E-state index in [9.17, 15) is 0 Å². The highest BCUT2D eigenvalue weighted by atomic mass is 16.3. The Labute approximate surface area is 98.4 Å². The van der Waals surface area contributed by atoms with Crippen molar-refractivity contribution in [3.05, 3.63) is 24.2 Å². The van der Waals surface area contributed by atoms with E-state index in [2.05, 4.69) is 19.2 Å². The van der Waals surface area contributed by atoms with Gasteiger partial charge in [0.05, 0.1) is 12.8 Å². The third-order valence-corrected chi connectivity index (χ3v) is 2.73. The first-order valence-electron chi connectivity index (χ1n) is 6.17. The molecule has 0 aliphatic carbocycles. The normalized spacial score (nSPS) is 14.9. The van der Waals surface area contributed by atoms with Gasteiger partial charge in [-0.1, -0.05) is 13.3 Å². The fourth-order valence-corrected chi connectivity index (χ4v) is 1.75. The largest absolute Gasteiger partial charge is 0.468 e. The van der Waals surface area contributed by atoms with Gasteiger partial charge in [-0.2, -0.15) is 0 Å². The fraction of sp³-hybridized carbons (Fsp3) is 0.692. The van der Waals surface area contributed by atoms with Crippen LogP contribution in [0.2, 0.25) is 0 Å². The molecule has 1 heterocycles. The van der Waals surface area contributed by atoms with Crippen LogP contribution in [-0.4, -0.2) is 12.6 Å². The molecule has 0 spiro atoms. The summed E-state index contributed by atoms with van der Waals surface area (Å²) in [5.74, 6) is 1.71. The van der Waals surface area contributed by atoms with E-state index in [1.54, 1.807) is 6.26 Å². The number of rotatable bonds is 8. The standard InChI is InChI=1S/C13H24N2O/c1-11(5-3-6-12(2)14)9-15-10-13-7-4-8-16-13/h4,7-8,11-12,15H,3,5-6,9-10,14H2,1-2H3. The fourth-order valence-electron chi connectivity index (χ4n) is 1.75. The molecule has 0 aliphatic heterocycles. The highest BCUT2D eigenvalue weighted by Crippen LogP contribution is 2.08. The Kier molecular flexibility index (Phi) is 6.19. The van der Waals surface area contributed by atoms with Crippen LogP contribution in [0.4, 0.5) is 0 Å². The molecule has 0 aliphatic rings. The van der Waals surface area contributed by atoms with E-state index >= 15 is 0 Å². The molecule has 2 atom stereocenters. The van der Waals surface area contributed by atoms with E-state index < -0.39 is 0 Å². The monoisotopic (exact) mass is 224 g/mol. The molecule has 3 nitrogen and oxygen atoms in total. The zero-order valence-corrected chi connectivity index (χ0v) is 10.4. The second-order valence-corrected chi connectivity index (χ2v) is 4.72. The summed E-state index contributed by atoms with van der Waals surface area (Å²) in [5, 5.41) is 3.40. The van der Waals surface area contributed by atoms with Crippen LogP contribution in [0.3, 0.4) is 0 Å². The summed E-state index contributed by atoms with van der Waals surface area (Å²) in [6.07, 6.45) is 5.31. The molecule has 92 valence electrons. The molecule has 0 radical (unpaired) electrons. The van der Waals surface area contributed by atoms with Gasteiger partial charge in [-0.3, -0.25) is 0 Å². The summed E-state index contributed by atoms with van der Waals surface area (Å²) in [6.45, 7) is 6.21. The van der Waals surface area contributed by atoms with Crippen molar-refractivity contribution in [2.75, 3.05) is 6.54 Å². The summed E-state index contributed by atoms with van der Waals surface area (Å²) in [4.78, 5) is 0. The molecule has 0 bridgehead atoms. The number of hydrogen-bond acceptors (Lipinski definition) is 3. The van der Waals surface area contributed by atoms with Gasteiger partial charge in [-0.25, -0.2) is 0 Å². The molecule has 1 aromatic heterocycles. The highest BCUT2D eigenvalue weighted by Gasteiger charge is 2.03. The second kappa shape index (κ2) is 7.47. The molecule has 0 saturated carbocycles. The summed E-state index contributed by atoms with van der Waals surface area (Å²) in [7, 11) is 0. The van der Waals surface area contributed by atoms with Crippen LogP contribution in [0.15, 0.2) is 22.8 Å². The lowest BCUT2D eigenvalue weighted by Crippen LogP contribution is -2.21. The minimum atomic E-state index is 0.336. The van der Waals surface area contributed by atoms with Crippen molar-refractivity contribution in [1.82, 2.24) is 5.32 Å². The smallest absolute Gasteiger partial charge is 0.117 e. The third kappa shape index (κ3) is 5.93. The Balaban J connectivity index is 2.00. The van der Waals surface area contributed by atoms with Crippen LogP contribution < -0.4 is 11.1 Å². The third-order valence-electron chi connectivity index (χ3n) is 2.73. The summed E-state index contributed by atoms with van der Waals surface area (Å²) >= 11 is 0. The quantitative estimate of drug-likeness (QED) is 0.713. The molecule has 0 aromatic carbocycles. The first-order valence-corrected chi connectivity index (χ1v) is 6.17. The molecule has 0 saturated heterocycles. The van der Waals surface area contributed by atoms with Crippen LogP contribution >= 0.6 is 0 Å². The Morgan fingerprint density at radius 2 is 2.19 bits per heavy atom. The van der Waals surface area contributed by atoms with E-state index in [0.29, 0.717) is 12.0 Å². The zero-order valence-electron chi connectivity index (χ0n) is 10.4. The number of nitrogens with one attached hydrogen (secondary N) is 1. The maximum atomic E-state index is 5.71. The summed E-state index contributed by atoms with van der Waals surface area (Å²) in [6, 6.07) is 4.25. The summed E-state index contributed by atoms with van der Waals surface area (Å²) in [5.41, 5.74) is 5.71. The topological polar surface area (TPSA) is 51.2 Å². The van der Waals surface area contributed by atoms with Gasteiger partial charge in [-0.15, -0.1) is 0 Å². The van der Waals surface area contributed by atoms with Crippen LogP contribution in [0.25, 0.3) is 0 Å². The van der Waals surface area contributed by atoms with Crippen molar-refractivity contribution in [2.45, 2.75) is 45.7 Å². The lowest BCUT2D eigenvalue weighted by Gasteiger charge is -2.12. The summed E-state index contributed by atoms with van der Waals surface area (Å²) < 4.78 is 5.25. The first-order chi connectivity index (χ1) is 7.68. The van der Waals surface area contributed by atoms with Crippen LogP contribution in [0.5, 0.6) is 0 Å². The van der Waals surface area contributed by atoms with E-state index in [1.807, 2.05) is 12.1 Å². The molecule has 3 heteroatoms. The number of furan rings is 1. The molecular weight excluding hydrogens is 200 g/mol. The van der Waals surface area contributed by atoms with Crippen molar-refractivity contribution in [1.29, 1.82) is 0 Å². The van der Waals surface area contributed by atoms with Gasteiger partial charge in [0.1, 0.15) is 5.76 Å². The first kappa shape index (κ1) is 13.3. The lowest BCUT2D eigenvalue weighted by atomic mass is 10.0. The number of nitrogens with two attached hydrogens (primary N) is 1. The number of hydrogen-bond donors (Lipinski definition) is 2. The molecule has 0 amide bonds. The molecule has 0 fully saturated rings. The zero-order chi connectivity index (χ0) is 11.8. The van der Waals surface area contributed by atoms with Gasteiger partial charge in [0.15, 0.2) is 0 Å². The van der Waals surface area contributed by atoms with Crippen LogP contribution in [0.1, 0.15) is 38.9 Å². The predicted molar refractivity (Wildman–Crippen MR) is 67.1 cm³/mol. The van der Waals surface area contributed by atoms with Gasteiger partial charge in [0.25, 0.3) is 0 Å². The van der Waals surface area contributed by atoms with E-state index in [0.717, 1.165) is 25.3 Å². The Bertz CT molecular complexity index is 257. The van der Waals surface area contributed by atoms with Crippen molar-refractivity contribution < 1.29 is 4.42 Å². The van der Waals surface area contributed by atoms with Crippen molar-refractivity contribution in [3.63, 3.8) is 0 Å². The lowest BCUT2D eigenvalue weighted by molar-refractivity contribution is 0.425. The van der Waals surface area contributed by atoms with E-state index in [4.69, 9.17) is 10.2 Å². The van der Waals surface area contributed by atoms with Gasteiger partial charge in [0.2, 0.25) is 0 Å². The Hall–Kier alpha value is -0.800. The van der Waals surface area contributed by atoms with Gasteiger partial charge in [-0.05, 0) is 44.4 Å². The molecule has 1 rings (SSSR count). The van der Waals surface area contributed by atoms with Crippen molar-refractivity contribution >= 4 is 0 Å². The van der Waals surface area contributed by atoms with Crippen LogP contribution in [0, 0.1) is 5.92 Å². The van der Waals surface area contributed by atoms with Gasteiger partial charge < -0.3 is 15.5 Å². The van der Waals surface area contributed by atoms with Crippen LogP contribution in [-0.2, 0) is 6.54 Å². The minimum absolute atomic E-state index is 0.336. The van der Waals surface area contributed by atoms with E-state index in [1.165, 1.54) is 12.8 Å². The molecule has 16 heavy (non-hydrogen) atoms. The minimum Gasteiger partial charge on any atom is -0.468 e. The molecular formula is C13H24N2O. The molecule has 3 N–H and O–H groups in total. The Morgan fingerprint density at radius 1 is 1.38 bits per heavy atom. The Morgan fingerprint density at radius 3 is 2.81 bits per heavy atom. The average molecular weight is 224 g/mol. The molecule has 1 aromatic rings. The maximum Gasteiger partial charge on any atom is 0.117 e. The SMILES string of the molecule is CC(N)CCCC(C)CNCc1ccco1. The average Bonchev–Trinajstić information content (AvgIpc) is 2.70.